The van der Waals surface area contributed by atoms with Gasteiger partial charge < -0.3 is 19.5 Å². The summed E-state index contributed by atoms with van der Waals surface area (Å²) >= 11 is 1.26. The van der Waals surface area contributed by atoms with E-state index in [1.54, 1.807) is 38.1 Å². The van der Waals surface area contributed by atoms with Crippen molar-refractivity contribution in [1.29, 1.82) is 0 Å². The van der Waals surface area contributed by atoms with Gasteiger partial charge in [-0.3, -0.25) is 4.79 Å². The lowest BCUT2D eigenvalue weighted by Crippen LogP contribution is -2.21. The third-order valence-corrected chi connectivity index (χ3v) is 8.38. The minimum atomic E-state index is -0.474. The van der Waals surface area contributed by atoms with E-state index in [-0.39, 0.29) is 24.1 Å². The van der Waals surface area contributed by atoms with Gasteiger partial charge in [-0.25, -0.2) is 14.6 Å². The normalized spacial score (nSPS) is 11.0. The van der Waals surface area contributed by atoms with Crippen LogP contribution in [0.3, 0.4) is 0 Å². The zero-order chi connectivity index (χ0) is 33.0. The molecule has 248 valence electrons. The molecule has 0 aliphatic carbocycles. The van der Waals surface area contributed by atoms with Crippen molar-refractivity contribution in [3.8, 4) is 27.4 Å². The molecule has 0 aliphatic heterocycles. The van der Waals surface area contributed by atoms with Crippen LogP contribution in [0.25, 0.3) is 27.8 Å². The van der Waals surface area contributed by atoms with E-state index in [1.165, 1.54) is 62.7 Å². The Hall–Kier alpha value is -3.98. The Kier molecular flexibility index (Phi) is 16.6. The van der Waals surface area contributed by atoms with E-state index in [0.717, 1.165) is 34.4 Å². The van der Waals surface area contributed by atoms with Gasteiger partial charge in [0.1, 0.15) is 5.75 Å². The van der Waals surface area contributed by atoms with Crippen LogP contribution in [0, 0.1) is 0 Å². The Bertz CT molecular complexity index is 1380. The average Bonchev–Trinajstić information content (AvgIpc) is 3.52. The number of carbonyl (C=O) groups is 3. The van der Waals surface area contributed by atoms with Gasteiger partial charge in [0.2, 0.25) is 10.9 Å². The monoisotopic (exact) mass is 648 g/mol. The van der Waals surface area contributed by atoms with Crippen molar-refractivity contribution < 1.29 is 28.6 Å². The number of nitrogens with one attached hydrogen (secondary N) is 1. The van der Waals surface area contributed by atoms with Crippen molar-refractivity contribution >= 4 is 35.3 Å². The lowest BCUT2D eigenvalue weighted by atomic mass is 10.0. The number of rotatable bonds is 21. The number of hydrogen-bond donors (Lipinski definition) is 1. The SMILES string of the molecule is CCCCCCCCCCCCNC(=O)/C=C/c1ccc(-c2sc(C(=O)OCC)nc2-c2ccc(OCC(=O)OCC)cc2)cc1. The minimum absolute atomic E-state index is 0.0986. The molecule has 1 aromatic heterocycles. The fourth-order valence-corrected chi connectivity index (χ4v) is 5.83. The molecular weight excluding hydrogens is 600 g/mol. The first-order chi connectivity index (χ1) is 22.4. The summed E-state index contributed by atoms with van der Waals surface area (Å²) in [7, 11) is 0. The zero-order valence-corrected chi connectivity index (χ0v) is 28.3. The number of carbonyl (C=O) groups excluding carboxylic acids is 3. The van der Waals surface area contributed by atoms with Crippen LogP contribution in [0.4, 0.5) is 0 Å². The molecule has 2 aromatic carbocycles. The number of benzene rings is 2. The van der Waals surface area contributed by atoms with Gasteiger partial charge in [0, 0.05) is 18.2 Å². The number of aromatic nitrogens is 1. The molecule has 1 amide bonds. The number of nitrogens with zero attached hydrogens (tertiary/aromatic N) is 1. The Morgan fingerprint density at radius 2 is 1.37 bits per heavy atom. The van der Waals surface area contributed by atoms with Crippen molar-refractivity contribution in [2.45, 2.75) is 85.0 Å². The van der Waals surface area contributed by atoms with Crippen molar-refractivity contribution in [1.82, 2.24) is 10.3 Å². The van der Waals surface area contributed by atoms with E-state index in [1.807, 2.05) is 36.4 Å². The predicted molar refractivity (Wildman–Crippen MR) is 185 cm³/mol. The molecule has 9 heteroatoms. The number of amides is 1. The summed E-state index contributed by atoms with van der Waals surface area (Å²) in [5.41, 5.74) is 3.19. The summed E-state index contributed by atoms with van der Waals surface area (Å²) in [6.45, 7) is 6.80. The Morgan fingerprint density at radius 1 is 0.761 bits per heavy atom. The molecule has 1 N–H and O–H groups in total. The van der Waals surface area contributed by atoms with Crippen molar-refractivity contribution in [2.75, 3.05) is 26.4 Å². The third-order valence-electron chi connectivity index (χ3n) is 7.30. The second kappa shape index (κ2) is 20.9. The van der Waals surface area contributed by atoms with Crippen LogP contribution >= 0.6 is 11.3 Å². The molecule has 0 unspecified atom stereocenters. The highest BCUT2D eigenvalue weighted by Gasteiger charge is 2.20. The maximum absolute atomic E-state index is 12.5. The molecule has 1 heterocycles. The second-order valence-electron chi connectivity index (χ2n) is 11.0. The molecule has 0 fully saturated rings. The van der Waals surface area contributed by atoms with Crippen molar-refractivity contribution in [2.24, 2.45) is 0 Å². The van der Waals surface area contributed by atoms with E-state index in [0.29, 0.717) is 24.6 Å². The summed E-state index contributed by atoms with van der Waals surface area (Å²) < 4.78 is 15.6. The first kappa shape index (κ1) is 36.5. The Labute approximate surface area is 277 Å². The molecule has 8 nitrogen and oxygen atoms in total. The molecule has 0 spiro atoms. The Morgan fingerprint density at radius 3 is 2.00 bits per heavy atom. The van der Waals surface area contributed by atoms with Crippen LogP contribution in [0.15, 0.2) is 54.6 Å². The van der Waals surface area contributed by atoms with E-state index in [2.05, 4.69) is 17.2 Å². The molecule has 0 radical (unpaired) electrons. The Balaban J connectivity index is 1.56. The van der Waals surface area contributed by atoms with Crippen LogP contribution in [-0.2, 0) is 19.1 Å². The van der Waals surface area contributed by atoms with E-state index in [4.69, 9.17) is 14.2 Å². The first-order valence-corrected chi connectivity index (χ1v) is 17.4. The van der Waals surface area contributed by atoms with Gasteiger partial charge in [-0.1, -0.05) is 89.0 Å². The molecule has 0 saturated heterocycles. The van der Waals surface area contributed by atoms with Crippen LogP contribution in [0.5, 0.6) is 5.75 Å². The van der Waals surface area contributed by atoms with Gasteiger partial charge >= 0.3 is 11.9 Å². The fraction of sp³-hybridized carbons (Fsp3) is 0.459. The van der Waals surface area contributed by atoms with E-state index in [9.17, 15) is 14.4 Å². The smallest absolute Gasteiger partial charge is 0.367 e. The van der Waals surface area contributed by atoms with Gasteiger partial charge in [-0.2, -0.15) is 0 Å². The van der Waals surface area contributed by atoms with Crippen molar-refractivity contribution in [3.63, 3.8) is 0 Å². The summed E-state index contributed by atoms with van der Waals surface area (Å²) in [6, 6.07) is 14.9. The number of ether oxygens (including phenoxy) is 3. The predicted octanol–water partition coefficient (Wildman–Crippen LogP) is 8.65. The van der Waals surface area contributed by atoms with Crippen LogP contribution in [0.1, 0.15) is 100 Å². The van der Waals surface area contributed by atoms with Gasteiger partial charge in [0.05, 0.1) is 23.8 Å². The topological polar surface area (TPSA) is 104 Å². The zero-order valence-electron chi connectivity index (χ0n) is 27.5. The van der Waals surface area contributed by atoms with E-state index < -0.39 is 11.9 Å². The molecular formula is C37H48N2O6S. The molecule has 0 aliphatic rings. The van der Waals surface area contributed by atoms with Crippen LogP contribution < -0.4 is 10.1 Å². The van der Waals surface area contributed by atoms with E-state index >= 15 is 0 Å². The minimum Gasteiger partial charge on any atom is -0.482 e. The molecule has 0 saturated carbocycles. The van der Waals surface area contributed by atoms with Crippen LogP contribution in [0.2, 0.25) is 0 Å². The van der Waals surface area contributed by atoms with Gasteiger partial charge in [-0.15, -0.1) is 11.3 Å². The molecule has 3 aromatic rings. The summed E-state index contributed by atoms with van der Waals surface area (Å²) in [5.74, 6) is -0.491. The van der Waals surface area contributed by atoms with Gasteiger partial charge in [-0.05, 0) is 61.7 Å². The molecule has 3 rings (SSSR count). The number of unbranched alkanes of at least 4 members (excludes halogenated alkanes) is 9. The lowest BCUT2D eigenvalue weighted by molar-refractivity contribution is -0.145. The first-order valence-electron chi connectivity index (χ1n) is 16.6. The maximum atomic E-state index is 12.5. The maximum Gasteiger partial charge on any atom is 0.367 e. The highest BCUT2D eigenvalue weighted by Crippen LogP contribution is 2.38. The molecule has 0 atom stereocenters. The number of hydrogen-bond acceptors (Lipinski definition) is 8. The lowest BCUT2D eigenvalue weighted by Gasteiger charge is -2.07. The largest absolute Gasteiger partial charge is 0.482 e. The summed E-state index contributed by atoms with van der Waals surface area (Å²) in [4.78, 5) is 41.9. The molecule has 46 heavy (non-hydrogen) atoms. The average molecular weight is 649 g/mol. The van der Waals surface area contributed by atoms with Crippen molar-refractivity contribution in [3.05, 3.63) is 65.2 Å². The second-order valence-corrected chi connectivity index (χ2v) is 12.0. The standard InChI is InChI=1S/C37H48N2O6S/c1-4-7-8-9-10-11-12-13-14-15-26-38-32(40)25-18-28-16-19-30(20-17-28)35-34(39-36(46-35)37(42)44-6-3)29-21-23-31(24-22-29)45-27-33(41)43-5-2/h16-25H,4-15,26-27H2,1-3H3,(H,38,40)/b25-18+. The number of thiazole rings is 1. The van der Waals surface area contributed by atoms with Crippen LogP contribution in [-0.4, -0.2) is 49.2 Å². The summed E-state index contributed by atoms with van der Waals surface area (Å²) in [5, 5.41) is 3.24. The highest BCUT2D eigenvalue weighted by atomic mass is 32.1. The fourth-order valence-electron chi connectivity index (χ4n) is 4.85. The highest BCUT2D eigenvalue weighted by molar-refractivity contribution is 7.17. The van der Waals surface area contributed by atoms with Gasteiger partial charge in [0.15, 0.2) is 6.61 Å². The summed E-state index contributed by atoms with van der Waals surface area (Å²) in [6.07, 6.45) is 16.0. The van der Waals surface area contributed by atoms with Gasteiger partial charge in [0.25, 0.3) is 0 Å². The third kappa shape index (κ3) is 12.8. The number of esters is 2. The molecule has 0 bridgehead atoms. The quantitative estimate of drug-likeness (QED) is 0.0700.